The van der Waals surface area contributed by atoms with Crippen LogP contribution in [0.5, 0.6) is 0 Å². The van der Waals surface area contributed by atoms with Crippen LogP contribution in [0.25, 0.3) is 0 Å². The molecule has 11 fully saturated rings. The Kier molecular flexibility index (Phi) is 17.5. The van der Waals surface area contributed by atoms with Crippen LogP contribution < -0.4 is 22.9 Å². The Labute approximate surface area is 580 Å². The fourth-order valence-electron chi connectivity index (χ4n) is 24.3. The maximum atomic E-state index is 11.8. The third kappa shape index (κ3) is 11.7. The Balaban J connectivity index is 0.000000101. The molecule has 7 saturated carbocycles. The molecule has 520 valence electrons. The molecule has 19 rings (SSSR count). The van der Waals surface area contributed by atoms with E-state index < -0.39 is 0 Å². The van der Waals surface area contributed by atoms with Crippen LogP contribution in [-0.2, 0) is 47.3 Å². The van der Waals surface area contributed by atoms with Crippen LogP contribution in [0, 0.1) is 47.3 Å². The first kappa shape index (κ1) is 66.2. The van der Waals surface area contributed by atoms with Crippen LogP contribution in [0.15, 0.2) is 72.8 Å². The summed E-state index contributed by atoms with van der Waals surface area (Å²) in [6.45, 7) is 18.4. The summed E-state index contributed by atoms with van der Waals surface area (Å²) in [6.07, 6.45) is 37.2. The molecule has 4 unspecified atom stereocenters. The van der Waals surface area contributed by atoms with E-state index in [2.05, 4.69) is 103 Å². The Morgan fingerprint density at radius 3 is 1.11 bits per heavy atom. The van der Waals surface area contributed by atoms with Gasteiger partial charge < -0.3 is 22.9 Å². The number of benzene rings is 4. The smallest absolute Gasteiger partial charge is 0.248 e. The van der Waals surface area contributed by atoms with Crippen molar-refractivity contribution in [1.82, 2.24) is 19.6 Å². The van der Waals surface area contributed by atoms with E-state index in [9.17, 15) is 19.2 Å². The first-order valence-corrected chi connectivity index (χ1v) is 39.5. The van der Waals surface area contributed by atoms with Gasteiger partial charge in [-0.05, 0) is 334 Å². The van der Waals surface area contributed by atoms with Gasteiger partial charge in [0.1, 0.15) is 0 Å². The molecular formula is C85H116N8O4. The lowest BCUT2D eigenvalue weighted by atomic mass is 9.52. The van der Waals surface area contributed by atoms with Crippen molar-refractivity contribution in [3.63, 3.8) is 0 Å². The minimum atomic E-state index is -0.314. The number of primary amides is 4. The number of nitrogens with zero attached hydrogens (tertiary/aromatic N) is 4. The highest BCUT2D eigenvalue weighted by Gasteiger charge is 2.59. The Bertz CT molecular complexity index is 3580. The first-order chi connectivity index (χ1) is 46.8. The zero-order chi connectivity index (χ0) is 67.0. The van der Waals surface area contributed by atoms with Crippen LogP contribution in [0.1, 0.15) is 275 Å². The number of piperidine rings is 4. The minimum absolute atomic E-state index is 0.170. The molecule has 4 aromatic carbocycles. The van der Waals surface area contributed by atoms with Gasteiger partial charge >= 0.3 is 0 Å². The molecule has 8 bridgehead atoms. The number of carbonyl (C=O) groups excluding carboxylic acids is 4. The van der Waals surface area contributed by atoms with Crippen molar-refractivity contribution in [3.05, 3.63) is 140 Å². The summed E-state index contributed by atoms with van der Waals surface area (Å²) < 4.78 is 0. The Morgan fingerprint density at radius 2 is 0.732 bits per heavy atom. The summed E-state index contributed by atoms with van der Waals surface area (Å²) in [7, 11) is 0. The van der Waals surface area contributed by atoms with E-state index in [1.807, 2.05) is 24.3 Å². The van der Waals surface area contributed by atoms with Crippen LogP contribution in [0.3, 0.4) is 0 Å². The van der Waals surface area contributed by atoms with E-state index in [-0.39, 0.29) is 29.0 Å². The lowest BCUT2D eigenvalue weighted by Gasteiger charge is -2.60. The molecule has 12 heteroatoms. The van der Waals surface area contributed by atoms with Crippen LogP contribution in [0.4, 0.5) is 0 Å². The van der Waals surface area contributed by atoms with Crippen molar-refractivity contribution in [2.75, 3.05) is 32.7 Å². The van der Waals surface area contributed by atoms with E-state index in [4.69, 9.17) is 22.9 Å². The highest BCUT2D eigenvalue weighted by Crippen LogP contribution is 2.61. The Morgan fingerprint density at radius 1 is 0.402 bits per heavy atom. The number of hydrogen-bond acceptors (Lipinski definition) is 8. The zero-order valence-electron chi connectivity index (χ0n) is 59.7. The number of rotatable bonds is 12. The molecule has 97 heavy (non-hydrogen) atoms. The normalized spacial score (nSPS) is 35.3. The summed E-state index contributed by atoms with van der Waals surface area (Å²) in [5.41, 5.74) is 37.8. The average Bonchev–Trinajstić information content (AvgIpc) is 1.20. The van der Waals surface area contributed by atoms with Crippen LogP contribution >= 0.6 is 0 Å². The molecule has 15 atom stereocenters. The molecular weight excluding hydrogens is 1200 g/mol. The zero-order valence-corrected chi connectivity index (χ0v) is 59.7. The fourth-order valence-corrected chi connectivity index (χ4v) is 24.3. The topological polar surface area (TPSA) is 185 Å². The van der Waals surface area contributed by atoms with Gasteiger partial charge in [0.2, 0.25) is 23.6 Å². The van der Waals surface area contributed by atoms with E-state index in [0.29, 0.717) is 62.5 Å². The lowest BCUT2D eigenvalue weighted by molar-refractivity contribution is -0.0343. The van der Waals surface area contributed by atoms with Crippen molar-refractivity contribution >= 4 is 23.6 Å². The second kappa shape index (κ2) is 25.6. The number of likely N-dealkylation sites (tertiary alicyclic amines) is 4. The second-order valence-electron chi connectivity index (χ2n) is 35.1. The minimum Gasteiger partial charge on any atom is -0.366 e. The standard InChI is InChI=1S/2C22H30N2O.C21H28N2O.C20H28N2O/c2*1-14(15-5-6-15)24-11-10-22-9-3-2-4-18(22)20(24)13-16-7-8-17(21(23)25)12-19(16)22;22-20(24)16-7-6-15-12-19-17-3-1-2-8-21(17,18(15)11-16)9-10-23(19)13-14-4-5-14;1-12-18-11-15-6-7-16(19(21)23)10-17(15)20(12,3)8-9-22(18)13(2)14-4-5-14/h2*7-8,12,14-15,18,20H,2-6,9-11,13H2,1H3,(H2,23,25);6-7,11,14,17,19H,1-5,8-10,12-13H2,(H2,22,24);6-7,10,12-14,18H,4-5,8-9,11H2,1-3H3,(H2,21,23)/t14-,18?,20+,22+;14-,18?,20-,22-;17?,19-,21-;12?,13-,18+,20+/m0110/s1. The Hall–Kier alpha value is -5.40. The van der Waals surface area contributed by atoms with Gasteiger partial charge in [0.25, 0.3) is 0 Å². The molecule has 4 saturated heterocycles. The van der Waals surface area contributed by atoms with Gasteiger partial charge in [0, 0.05) is 87.3 Å². The summed E-state index contributed by atoms with van der Waals surface area (Å²) in [5, 5.41) is 0. The third-order valence-electron chi connectivity index (χ3n) is 30.6. The SMILES string of the molecule is CC1[C@H]2Cc3ccc(C(N)=O)cc3[C@]1(C)CCN2[C@@H](C)C1CC1.C[C@@H](C1CC1)N1CC[C@]23CCCCC2[C@H]1Cc1ccc(C(N)=O)cc13.C[C@H](C1CC1)N1CC[C@]23CCCCC2[C@H]1Cc1ccc(C(N)=O)cc13.NC(=O)c1ccc2c(c1)[C@@]13CCCCC1[C@@H](C2)N(CC1CC1)CC3. The largest absolute Gasteiger partial charge is 0.366 e. The molecule has 0 radical (unpaired) electrons. The lowest BCUT2D eigenvalue weighted by Crippen LogP contribution is -2.63. The number of amides is 4. The molecule has 12 nitrogen and oxygen atoms in total. The van der Waals surface area contributed by atoms with E-state index in [0.717, 1.165) is 84.9 Å². The first-order valence-electron chi connectivity index (χ1n) is 39.5. The predicted octanol–water partition coefficient (Wildman–Crippen LogP) is 13.6. The van der Waals surface area contributed by atoms with Gasteiger partial charge in [-0.1, -0.05) is 76.6 Å². The third-order valence-corrected chi connectivity index (χ3v) is 30.6. The number of nitrogens with two attached hydrogens (primary N) is 4. The van der Waals surface area contributed by atoms with Crippen molar-refractivity contribution in [1.29, 1.82) is 0 Å². The summed E-state index contributed by atoms with van der Waals surface area (Å²) in [5.74, 6) is 5.55. The highest BCUT2D eigenvalue weighted by atomic mass is 16.2. The number of hydrogen-bond donors (Lipinski definition) is 4. The van der Waals surface area contributed by atoms with Gasteiger partial charge in [-0.2, -0.15) is 0 Å². The molecule has 4 aromatic rings. The van der Waals surface area contributed by atoms with E-state index >= 15 is 0 Å². The number of fused-ring (bicyclic) bond motifs is 7. The summed E-state index contributed by atoms with van der Waals surface area (Å²) in [4.78, 5) is 58.2. The maximum Gasteiger partial charge on any atom is 0.248 e. The molecule has 11 aliphatic carbocycles. The molecule has 4 aliphatic heterocycles. The molecule has 0 aromatic heterocycles. The van der Waals surface area contributed by atoms with E-state index in [1.165, 1.54) is 238 Å². The van der Waals surface area contributed by atoms with Crippen LogP contribution in [-0.4, -0.2) is 118 Å². The molecule has 4 amide bonds. The molecule has 8 N–H and O–H groups in total. The maximum absolute atomic E-state index is 11.8. The van der Waals surface area contributed by atoms with Gasteiger partial charge in [-0.15, -0.1) is 0 Å². The second-order valence-corrected chi connectivity index (χ2v) is 35.1. The highest BCUT2D eigenvalue weighted by molar-refractivity contribution is 5.95. The van der Waals surface area contributed by atoms with Gasteiger partial charge in [-0.3, -0.25) is 38.8 Å². The number of carbonyl (C=O) groups is 4. The molecule has 15 aliphatic rings. The van der Waals surface area contributed by atoms with Gasteiger partial charge in [0.15, 0.2) is 0 Å². The average molecular weight is 1310 g/mol. The fraction of sp³-hybridized carbons (Fsp3) is 0.671. The molecule has 4 heterocycles. The molecule has 0 spiro atoms. The van der Waals surface area contributed by atoms with Gasteiger partial charge in [0.05, 0.1) is 0 Å². The summed E-state index contributed by atoms with van der Waals surface area (Å²) >= 11 is 0. The summed E-state index contributed by atoms with van der Waals surface area (Å²) in [6, 6.07) is 30.1. The van der Waals surface area contributed by atoms with Crippen LogP contribution in [0.2, 0.25) is 0 Å². The van der Waals surface area contributed by atoms with Crippen molar-refractivity contribution in [2.24, 2.45) is 70.3 Å². The monoisotopic (exact) mass is 1310 g/mol. The quantitative estimate of drug-likeness (QED) is 0.108. The van der Waals surface area contributed by atoms with Crippen molar-refractivity contribution in [2.45, 2.75) is 278 Å². The van der Waals surface area contributed by atoms with Gasteiger partial charge in [-0.25, -0.2) is 0 Å². The van der Waals surface area contributed by atoms with Crippen molar-refractivity contribution in [3.8, 4) is 0 Å². The predicted molar refractivity (Wildman–Crippen MR) is 387 cm³/mol. The van der Waals surface area contributed by atoms with Crippen molar-refractivity contribution < 1.29 is 19.2 Å². The van der Waals surface area contributed by atoms with E-state index in [1.54, 1.807) is 0 Å².